The minimum atomic E-state index is -4.45. The minimum Gasteiger partial charge on any atom is -0.385 e. The summed E-state index contributed by atoms with van der Waals surface area (Å²) in [6, 6.07) is 6.31. The summed E-state index contributed by atoms with van der Waals surface area (Å²) in [7, 11) is 0. The van der Waals surface area contributed by atoms with Crippen molar-refractivity contribution in [2.45, 2.75) is 24.6 Å². The molecule has 1 N–H and O–H groups in total. The second-order valence-corrected chi connectivity index (χ2v) is 5.92. The molecule has 2 heterocycles. The van der Waals surface area contributed by atoms with Gasteiger partial charge in [-0.1, -0.05) is 12.1 Å². The van der Waals surface area contributed by atoms with E-state index in [4.69, 9.17) is 0 Å². The lowest BCUT2D eigenvalue weighted by molar-refractivity contribution is -0.137. The first-order valence-electron chi connectivity index (χ1n) is 7.54. The monoisotopic (exact) mass is 340 g/mol. The average molecular weight is 340 g/mol. The van der Waals surface area contributed by atoms with Crippen molar-refractivity contribution < 1.29 is 22.7 Å². The van der Waals surface area contributed by atoms with Crippen LogP contribution >= 0.6 is 0 Å². The molecule has 1 saturated heterocycles. The Kier molecular flexibility index (Phi) is 4.21. The number of alkyl halides is 3. The Morgan fingerprint density at radius 3 is 2.46 bits per heavy atom. The molecule has 2 aromatic rings. The number of rotatable bonds is 2. The van der Waals surface area contributed by atoms with Gasteiger partial charge >= 0.3 is 6.18 Å². The Hall–Kier alpha value is -2.15. The molecule has 0 atom stereocenters. The number of nitrogens with zero attached hydrogens (tertiary/aromatic N) is 2. The molecule has 0 unspecified atom stereocenters. The number of anilines is 1. The average Bonchev–Trinajstić information content (AvgIpc) is 2.56. The molecule has 1 aromatic heterocycles. The van der Waals surface area contributed by atoms with Gasteiger partial charge in [0.15, 0.2) is 5.82 Å². The summed E-state index contributed by atoms with van der Waals surface area (Å²) in [5.74, 6) is -0.456. The van der Waals surface area contributed by atoms with Crippen LogP contribution in [-0.2, 0) is 11.8 Å². The van der Waals surface area contributed by atoms with Gasteiger partial charge in [0.1, 0.15) is 0 Å². The predicted octanol–water partition coefficient (Wildman–Crippen LogP) is 3.73. The van der Waals surface area contributed by atoms with Crippen LogP contribution in [0.2, 0.25) is 0 Å². The molecule has 0 spiro atoms. The number of halogens is 4. The number of piperidine rings is 1. The molecule has 0 aliphatic carbocycles. The van der Waals surface area contributed by atoms with E-state index in [1.165, 1.54) is 18.3 Å². The molecule has 0 bridgehead atoms. The van der Waals surface area contributed by atoms with Crippen LogP contribution in [0.1, 0.15) is 24.0 Å². The van der Waals surface area contributed by atoms with E-state index in [9.17, 15) is 22.7 Å². The van der Waals surface area contributed by atoms with E-state index in [0.717, 1.165) is 18.3 Å². The van der Waals surface area contributed by atoms with Crippen molar-refractivity contribution in [1.82, 2.24) is 4.98 Å². The van der Waals surface area contributed by atoms with Gasteiger partial charge in [-0.3, -0.25) is 4.98 Å². The summed E-state index contributed by atoms with van der Waals surface area (Å²) < 4.78 is 52.3. The van der Waals surface area contributed by atoms with Gasteiger partial charge in [0.2, 0.25) is 0 Å². The molecule has 0 amide bonds. The lowest BCUT2D eigenvalue weighted by Crippen LogP contribution is -2.43. The topological polar surface area (TPSA) is 36.4 Å². The Morgan fingerprint density at radius 1 is 1.12 bits per heavy atom. The quantitative estimate of drug-likeness (QED) is 0.847. The van der Waals surface area contributed by atoms with Crippen molar-refractivity contribution >= 4 is 5.69 Å². The third-order valence-electron chi connectivity index (χ3n) is 4.41. The van der Waals surface area contributed by atoms with Gasteiger partial charge in [0.25, 0.3) is 0 Å². The van der Waals surface area contributed by atoms with Crippen molar-refractivity contribution in [2.24, 2.45) is 0 Å². The van der Waals surface area contributed by atoms with E-state index in [-0.39, 0.29) is 18.4 Å². The molecule has 0 saturated carbocycles. The molecule has 1 aliphatic heterocycles. The fraction of sp³-hybridized carbons (Fsp3) is 0.353. The molecule has 3 rings (SSSR count). The molecule has 1 aliphatic rings. The minimum absolute atomic E-state index is 0.218. The van der Waals surface area contributed by atoms with Gasteiger partial charge in [-0.2, -0.15) is 13.2 Å². The van der Waals surface area contributed by atoms with Gasteiger partial charge < -0.3 is 10.0 Å². The normalized spacial score (nSPS) is 17.8. The maximum Gasteiger partial charge on any atom is 0.416 e. The largest absolute Gasteiger partial charge is 0.416 e. The van der Waals surface area contributed by atoms with Crippen molar-refractivity contribution in [3.8, 4) is 0 Å². The van der Waals surface area contributed by atoms with Gasteiger partial charge in [-0.15, -0.1) is 0 Å². The Bertz CT molecular complexity index is 725. The maximum atomic E-state index is 13.8. The molecule has 24 heavy (non-hydrogen) atoms. The van der Waals surface area contributed by atoms with E-state index < -0.39 is 23.2 Å². The van der Waals surface area contributed by atoms with E-state index in [1.54, 1.807) is 11.0 Å². The fourth-order valence-corrected chi connectivity index (χ4v) is 3.02. The lowest BCUT2D eigenvalue weighted by Gasteiger charge is -2.39. The summed E-state index contributed by atoms with van der Waals surface area (Å²) in [6.07, 6.45) is -1.42. The summed E-state index contributed by atoms with van der Waals surface area (Å²) in [6.45, 7) is 0.682. The smallest absolute Gasteiger partial charge is 0.385 e. The van der Waals surface area contributed by atoms with E-state index in [2.05, 4.69) is 4.98 Å². The van der Waals surface area contributed by atoms with Crippen molar-refractivity contribution in [1.29, 1.82) is 0 Å². The van der Waals surface area contributed by atoms with E-state index in [0.29, 0.717) is 18.8 Å². The van der Waals surface area contributed by atoms with Gasteiger partial charge in [-0.05, 0) is 36.6 Å². The third kappa shape index (κ3) is 3.21. The second kappa shape index (κ2) is 6.05. The molecule has 1 fully saturated rings. The number of aromatic nitrogens is 1. The summed E-state index contributed by atoms with van der Waals surface area (Å²) in [4.78, 5) is 5.45. The van der Waals surface area contributed by atoms with Gasteiger partial charge in [0, 0.05) is 19.3 Å². The van der Waals surface area contributed by atoms with Crippen molar-refractivity contribution in [3.05, 3.63) is 59.7 Å². The molecular weight excluding hydrogens is 324 g/mol. The molecule has 3 nitrogen and oxygen atoms in total. The van der Waals surface area contributed by atoms with Gasteiger partial charge in [-0.25, -0.2) is 4.39 Å². The third-order valence-corrected chi connectivity index (χ3v) is 4.41. The number of benzene rings is 1. The zero-order chi connectivity index (χ0) is 17.4. The van der Waals surface area contributed by atoms with E-state index in [1.807, 2.05) is 0 Å². The zero-order valence-electron chi connectivity index (χ0n) is 12.7. The first kappa shape index (κ1) is 16.7. The fourth-order valence-electron chi connectivity index (χ4n) is 3.02. The van der Waals surface area contributed by atoms with Gasteiger partial charge in [0.05, 0.1) is 23.0 Å². The second-order valence-electron chi connectivity index (χ2n) is 5.92. The van der Waals surface area contributed by atoms with Crippen LogP contribution in [0.5, 0.6) is 0 Å². The number of pyridine rings is 1. The van der Waals surface area contributed by atoms with Crippen molar-refractivity contribution in [3.63, 3.8) is 0 Å². The SMILES string of the molecule is OC1(c2cccc(C(F)(F)F)c2)CCN(c2ccncc2F)CC1. The maximum absolute atomic E-state index is 13.8. The predicted molar refractivity (Wildman–Crippen MR) is 81.0 cm³/mol. The van der Waals surface area contributed by atoms with Crippen LogP contribution < -0.4 is 4.90 Å². The van der Waals surface area contributed by atoms with Crippen LogP contribution in [0.3, 0.4) is 0 Å². The highest BCUT2D eigenvalue weighted by Gasteiger charge is 2.37. The van der Waals surface area contributed by atoms with E-state index >= 15 is 0 Å². The number of hydrogen-bond acceptors (Lipinski definition) is 3. The highest BCUT2D eigenvalue weighted by atomic mass is 19.4. The summed E-state index contributed by atoms with van der Waals surface area (Å²) >= 11 is 0. The molecule has 1 aromatic carbocycles. The first-order valence-corrected chi connectivity index (χ1v) is 7.54. The molecule has 7 heteroatoms. The molecular formula is C17H16F4N2O. The summed E-state index contributed by atoms with van der Waals surface area (Å²) in [5, 5.41) is 10.8. The highest BCUT2D eigenvalue weighted by Crippen LogP contribution is 2.37. The van der Waals surface area contributed by atoms with Crippen LogP contribution in [0.4, 0.5) is 23.2 Å². The lowest BCUT2D eigenvalue weighted by atomic mass is 9.83. The molecule has 0 radical (unpaired) electrons. The highest BCUT2D eigenvalue weighted by molar-refractivity contribution is 5.47. The zero-order valence-corrected chi connectivity index (χ0v) is 12.7. The Balaban J connectivity index is 1.79. The number of hydrogen-bond donors (Lipinski definition) is 1. The van der Waals surface area contributed by atoms with Crippen LogP contribution in [-0.4, -0.2) is 23.2 Å². The first-order chi connectivity index (χ1) is 11.3. The van der Waals surface area contributed by atoms with Crippen molar-refractivity contribution in [2.75, 3.05) is 18.0 Å². The van der Waals surface area contributed by atoms with Crippen LogP contribution in [0.15, 0.2) is 42.7 Å². The Morgan fingerprint density at radius 2 is 1.83 bits per heavy atom. The van der Waals surface area contributed by atoms with Crippen LogP contribution in [0.25, 0.3) is 0 Å². The Labute approximate surface area is 136 Å². The molecule has 128 valence electrons. The summed E-state index contributed by atoms with van der Waals surface area (Å²) in [5.41, 5.74) is -1.50. The number of aliphatic hydroxyl groups is 1. The van der Waals surface area contributed by atoms with Crippen LogP contribution in [0, 0.1) is 5.82 Å². The standard InChI is InChI=1S/C17H16F4N2O/c18-14-11-22-7-4-15(14)23-8-5-16(24,6-9-23)12-2-1-3-13(10-12)17(19,20)21/h1-4,7,10-11,24H,5-6,8-9H2.